The van der Waals surface area contributed by atoms with Crippen molar-refractivity contribution in [2.24, 2.45) is 0 Å². The van der Waals surface area contributed by atoms with Crippen molar-refractivity contribution in [1.29, 1.82) is 0 Å². The number of likely N-dealkylation sites (tertiary alicyclic amines) is 1. The summed E-state index contributed by atoms with van der Waals surface area (Å²) < 4.78 is 37.8. The van der Waals surface area contributed by atoms with Crippen LogP contribution >= 0.6 is 11.8 Å². The van der Waals surface area contributed by atoms with Gasteiger partial charge in [-0.25, -0.2) is 0 Å². The number of benzene rings is 1. The number of alkyl halides is 3. The van der Waals surface area contributed by atoms with Crippen LogP contribution in [0.15, 0.2) is 24.3 Å². The van der Waals surface area contributed by atoms with Crippen molar-refractivity contribution < 1.29 is 18.3 Å². The molecule has 6 heteroatoms. The number of β-amino-alcohol motifs (C(OH)–C–C–N with tert-alkyl or cyclic N) is 1. The highest BCUT2D eigenvalue weighted by atomic mass is 32.2. The topological polar surface area (TPSA) is 23.5 Å². The molecule has 118 valence electrons. The molecule has 2 rings (SSSR count). The van der Waals surface area contributed by atoms with Gasteiger partial charge in [-0.05, 0) is 29.9 Å². The van der Waals surface area contributed by atoms with E-state index in [9.17, 15) is 18.3 Å². The number of hydrogen-bond donors (Lipinski definition) is 1. The molecule has 0 bridgehead atoms. The van der Waals surface area contributed by atoms with E-state index in [2.05, 4.69) is 11.8 Å². The summed E-state index contributed by atoms with van der Waals surface area (Å²) in [6.07, 6.45) is -4.11. The molecule has 0 saturated carbocycles. The Kier molecular flexibility index (Phi) is 5.57. The summed E-state index contributed by atoms with van der Waals surface area (Å²) in [5.74, 6) is 2.02. The van der Waals surface area contributed by atoms with Gasteiger partial charge in [0.05, 0.1) is 11.7 Å². The van der Waals surface area contributed by atoms with E-state index in [1.807, 2.05) is 11.8 Å². The molecule has 1 aromatic rings. The zero-order chi connectivity index (χ0) is 15.5. The molecule has 2 unspecified atom stereocenters. The molecule has 1 aliphatic rings. The molecule has 1 fully saturated rings. The number of nitrogens with zero attached hydrogens (tertiary/aromatic N) is 1. The maximum atomic E-state index is 12.6. The molecule has 0 aromatic heterocycles. The van der Waals surface area contributed by atoms with E-state index in [0.717, 1.165) is 35.7 Å². The van der Waals surface area contributed by atoms with Crippen LogP contribution in [-0.2, 0) is 6.18 Å². The summed E-state index contributed by atoms with van der Waals surface area (Å²) >= 11 is 1.83. The van der Waals surface area contributed by atoms with Crippen molar-refractivity contribution in [3.63, 3.8) is 0 Å². The Morgan fingerprint density at radius 2 is 1.95 bits per heavy atom. The molecule has 1 saturated heterocycles. The highest BCUT2D eigenvalue weighted by Gasteiger charge is 2.33. The Balaban J connectivity index is 2.07. The molecule has 1 heterocycles. The van der Waals surface area contributed by atoms with Gasteiger partial charge in [0.15, 0.2) is 0 Å². The van der Waals surface area contributed by atoms with E-state index < -0.39 is 17.8 Å². The van der Waals surface area contributed by atoms with Crippen LogP contribution < -0.4 is 0 Å². The van der Waals surface area contributed by atoms with Crippen LogP contribution in [0.25, 0.3) is 0 Å². The summed E-state index contributed by atoms with van der Waals surface area (Å²) in [5, 5.41) is 9.84. The Bertz CT molecular complexity index is 449. The van der Waals surface area contributed by atoms with Gasteiger partial charge in [-0.15, -0.1) is 0 Å². The predicted molar refractivity (Wildman–Crippen MR) is 79.4 cm³/mol. The number of halogens is 3. The van der Waals surface area contributed by atoms with Gasteiger partial charge in [-0.1, -0.05) is 19.1 Å². The number of aliphatic hydroxyl groups is 1. The summed E-state index contributed by atoms with van der Waals surface area (Å²) in [5.41, 5.74) is 0.221. The van der Waals surface area contributed by atoms with E-state index >= 15 is 0 Å². The Labute approximate surface area is 127 Å². The van der Waals surface area contributed by atoms with Crippen molar-refractivity contribution in [3.05, 3.63) is 35.4 Å². The molecule has 2 atom stereocenters. The third-order valence-corrected chi connectivity index (χ3v) is 4.61. The van der Waals surface area contributed by atoms with Gasteiger partial charge in [0.2, 0.25) is 0 Å². The average molecular weight is 319 g/mol. The third-order valence-electron chi connectivity index (χ3n) is 3.73. The van der Waals surface area contributed by atoms with E-state index in [1.54, 1.807) is 0 Å². The van der Waals surface area contributed by atoms with Gasteiger partial charge in [0.1, 0.15) is 0 Å². The first-order chi connectivity index (χ1) is 9.91. The van der Waals surface area contributed by atoms with Gasteiger partial charge in [0, 0.05) is 24.9 Å². The van der Waals surface area contributed by atoms with Crippen molar-refractivity contribution in [2.45, 2.75) is 31.7 Å². The van der Waals surface area contributed by atoms with E-state index in [0.29, 0.717) is 13.0 Å². The minimum atomic E-state index is -4.30. The van der Waals surface area contributed by atoms with Gasteiger partial charge < -0.3 is 5.11 Å². The molecule has 1 aliphatic heterocycles. The number of thioether (sulfide) groups is 1. The van der Waals surface area contributed by atoms with Crippen molar-refractivity contribution in [2.75, 3.05) is 24.6 Å². The van der Waals surface area contributed by atoms with Gasteiger partial charge in [-0.3, -0.25) is 4.90 Å². The monoisotopic (exact) mass is 319 g/mol. The smallest absolute Gasteiger partial charge is 0.392 e. The van der Waals surface area contributed by atoms with Crippen LogP contribution in [0, 0.1) is 0 Å². The molecule has 1 N–H and O–H groups in total. The van der Waals surface area contributed by atoms with Crippen LogP contribution in [0.1, 0.15) is 30.5 Å². The standard InChI is InChI=1S/C15H20F3NOS/c1-2-21-8-7-19-10-13(20)9-14(19)11-3-5-12(6-4-11)15(16,17)18/h3-6,13-14,20H,2,7-10H2,1H3. The first-order valence-corrected chi connectivity index (χ1v) is 8.24. The second kappa shape index (κ2) is 7.03. The van der Waals surface area contributed by atoms with Gasteiger partial charge >= 0.3 is 6.18 Å². The van der Waals surface area contributed by atoms with Crippen LogP contribution in [0.4, 0.5) is 13.2 Å². The second-order valence-electron chi connectivity index (χ2n) is 5.22. The molecule has 0 radical (unpaired) electrons. The van der Waals surface area contributed by atoms with Crippen LogP contribution in [0.5, 0.6) is 0 Å². The number of hydrogen-bond acceptors (Lipinski definition) is 3. The largest absolute Gasteiger partial charge is 0.416 e. The lowest BCUT2D eigenvalue weighted by Crippen LogP contribution is -2.27. The molecule has 0 aliphatic carbocycles. The second-order valence-corrected chi connectivity index (χ2v) is 6.61. The van der Waals surface area contributed by atoms with Crippen molar-refractivity contribution in [1.82, 2.24) is 4.90 Å². The molecule has 2 nitrogen and oxygen atoms in total. The fraction of sp³-hybridized carbons (Fsp3) is 0.600. The fourth-order valence-electron chi connectivity index (χ4n) is 2.69. The summed E-state index contributed by atoms with van der Waals surface area (Å²) in [7, 11) is 0. The minimum absolute atomic E-state index is 0.0136. The van der Waals surface area contributed by atoms with Crippen LogP contribution in [-0.4, -0.2) is 40.7 Å². The Hall–Kier alpha value is -0.720. The highest BCUT2D eigenvalue weighted by molar-refractivity contribution is 7.99. The fourth-order valence-corrected chi connectivity index (χ4v) is 3.35. The number of rotatable bonds is 5. The SMILES string of the molecule is CCSCCN1CC(O)CC1c1ccc(C(F)(F)F)cc1. The summed E-state index contributed by atoms with van der Waals surface area (Å²) in [6, 6.07) is 5.33. The molecule has 0 amide bonds. The van der Waals surface area contributed by atoms with Crippen molar-refractivity contribution in [3.8, 4) is 0 Å². The van der Waals surface area contributed by atoms with Crippen LogP contribution in [0.2, 0.25) is 0 Å². The Morgan fingerprint density at radius 3 is 2.52 bits per heavy atom. The normalized spacial score (nSPS) is 23.7. The number of aliphatic hydroxyl groups excluding tert-OH is 1. The van der Waals surface area contributed by atoms with Gasteiger partial charge in [0.25, 0.3) is 0 Å². The first-order valence-electron chi connectivity index (χ1n) is 7.09. The summed E-state index contributed by atoms with van der Waals surface area (Å²) in [6.45, 7) is 3.54. The van der Waals surface area contributed by atoms with Crippen LogP contribution in [0.3, 0.4) is 0 Å². The zero-order valence-corrected chi connectivity index (χ0v) is 12.8. The van der Waals surface area contributed by atoms with Crippen molar-refractivity contribution >= 4 is 11.8 Å². The lowest BCUT2D eigenvalue weighted by atomic mass is 10.0. The first kappa shape index (κ1) is 16.6. The maximum absolute atomic E-state index is 12.6. The predicted octanol–water partition coefficient (Wildman–Crippen LogP) is 3.57. The zero-order valence-electron chi connectivity index (χ0n) is 11.9. The molecular formula is C15H20F3NOS. The highest BCUT2D eigenvalue weighted by Crippen LogP contribution is 2.35. The maximum Gasteiger partial charge on any atom is 0.416 e. The minimum Gasteiger partial charge on any atom is -0.392 e. The lowest BCUT2D eigenvalue weighted by molar-refractivity contribution is -0.137. The van der Waals surface area contributed by atoms with E-state index in [-0.39, 0.29) is 6.04 Å². The summed E-state index contributed by atoms with van der Waals surface area (Å²) in [4.78, 5) is 2.16. The third kappa shape index (κ3) is 4.37. The quantitative estimate of drug-likeness (QED) is 0.839. The van der Waals surface area contributed by atoms with E-state index in [4.69, 9.17) is 0 Å². The lowest BCUT2D eigenvalue weighted by Gasteiger charge is -2.24. The Morgan fingerprint density at radius 1 is 1.29 bits per heavy atom. The van der Waals surface area contributed by atoms with Gasteiger partial charge in [-0.2, -0.15) is 24.9 Å². The molecule has 21 heavy (non-hydrogen) atoms. The molecular weight excluding hydrogens is 299 g/mol. The average Bonchev–Trinajstić information content (AvgIpc) is 2.79. The van der Waals surface area contributed by atoms with E-state index in [1.165, 1.54) is 12.1 Å². The molecule has 1 aromatic carbocycles. The molecule has 0 spiro atoms.